The predicted molar refractivity (Wildman–Crippen MR) is 110 cm³/mol. The van der Waals surface area contributed by atoms with Gasteiger partial charge in [0, 0.05) is 44.2 Å². The van der Waals surface area contributed by atoms with Gasteiger partial charge in [-0.2, -0.15) is 0 Å². The first-order valence-electron chi connectivity index (χ1n) is 9.44. The molecule has 1 aliphatic heterocycles. The van der Waals surface area contributed by atoms with Crippen molar-refractivity contribution in [3.63, 3.8) is 0 Å². The minimum Gasteiger partial charge on any atom is -0.362 e. The van der Waals surface area contributed by atoms with Gasteiger partial charge >= 0.3 is 11.2 Å². The summed E-state index contributed by atoms with van der Waals surface area (Å²) in [6.07, 6.45) is 0. The molecule has 1 saturated heterocycles. The van der Waals surface area contributed by atoms with Gasteiger partial charge in [-0.05, 0) is 30.3 Å². The van der Waals surface area contributed by atoms with Gasteiger partial charge in [0.05, 0.1) is 10.4 Å². The normalized spacial score (nSPS) is 14.2. The van der Waals surface area contributed by atoms with E-state index in [-0.39, 0.29) is 11.6 Å². The van der Waals surface area contributed by atoms with Crippen LogP contribution in [0.25, 0.3) is 10.9 Å². The van der Waals surface area contributed by atoms with Crippen LogP contribution in [0, 0.1) is 15.9 Å². The molecule has 1 fully saturated rings. The fourth-order valence-electron chi connectivity index (χ4n) is 3.86. The number of hydrogen-bond acceptors (Lipinski definition) is 5. The van der Waals surface area contributed by atoms with E-state index in [2.05, 4.69) is 0 Å². The van der Waals surface area contributed by atoms with E-state index in [0.29, 0.717) is 42.6 Å². The van der Waals surface area contributed by atoms with Gasteiger partial charge in [-0.15, -0.1) is 0 Å². The van der Waals surface area contributed by atoms with E-state index in [4.69, 9.17) is 0 Å². The third kappa shape index (κ3) is 3.28. The number of aromatic nitrogens is 1. The number of fused-ring (bicyclic) bond motifs is 1. The van der Waals surface area contributed by atoms with Crippen molar-refractivity contribution < 1.29 is 14.1 Å². The molecule has 0 saturated carbocycles. The van der Waals surface area contributed by atoms with Crippen LogP contribution < -0.4 is 10.5 Å². The van der Waals surface area contributed by atoms with Crippen LogP contribution in [0.1, 0.15) is 10.4 Å². The minimum atomic E-state index is -0.668. The van der Waals surface area contributed by atoms with Crippen molar-refractivity contribution in [2.45, 2.75) is 0 Å². The summed E-state index contributed by atoms with van der Waals surface area (Å²) in [6, 6.07) is 12.4. The van der Waals surface area contributed by atoms with Crippen LogP contribution in [-0.2, 0) is 7.05 Å². The van der Waals surface area contributed by atoms with Crippen molar-refractivity contribution in [2.75, 3.05) is 31.1 Å². The summed E-state index contributed by atoms with van der Waals surface area (Å²) < 4.78 is 14.4. The van der Waals surface area contributed by atoms with Gasteiger partial charge in [0.15, 0.2) is 0 Å². The number of aryl methyl sites for hydroxylation is 1. The van der Waals surface area contributed by atoms with Crippen LogP contribution in [0.2, 0.25) is 0 Å². The van der Waals surface area contributed by atoms with Gasteiger partial charge in [0.2, 0.25) is 0 Å². The molecule has 0 unspecified atom stereocenters. The first-order valence-corrected chi connectivity index (χ1v) is 9.44. The number of halogens is 1. The average molecular weight is 410 g/mol. The molecule has 0 radical (unpaired) electrons. The van der Waals surface area contributed by atoms with Gasteiger partial charge in [0.1, 0.15) is 11.5 Å². The van der Waals surface area contributed by atoms with Gasteiger partial charge in [-0.3, -0.25) is 19.7 Å². The molecule has 30 heavy (non-hydrogen) atoms. The second kappa shape index (κ2) is 7.58. The Morgan fingerprint density at radius 2 is 1.67 bits per heavy atom. The quantitative estimate of drug-likeness (QED) is 0.489. The highest BCUT2D eigenvalue weighted by molar-refractivity contribution is 5.97. The van der Waals surface area contributed by atoms with Crippen LogP contribution >= 0.6 is 0 Å². The number of para-hydroxylation sites is 1. The van der Waals surface area contributed by atoms with Crippen molar-refractivity contribution >= 4 is 28.2 Å². The number of anilines is 1. The van der Waals surface area contributed by atoms with Crippen LogP contribution in [0.5, 0.6) is 0 Å². The molecule has 4 rings (SSSR count). The lowest BCUT2D eigenvalue weighted by molar-refractivity contribution is -0.385. The van der Waals surface area contributed by atoms with Crippen LogP contribution in [0.4, 0.5) is 15.8 Å². The lowest BCUT2D eigenvalue weighted by Crippen LogP contribution is -2.49. The molecular formula is C21H19FN4O4. The zero-order valence-corrected chi connectivity index (χ0v) is 16.2. The first-order chi connectivity index (χ1) is 14.4. The third-order valence-corrected chi connectivity index (χ3v) is 5.41. The Labute approximate surface area is 170 Å². The summed E-state index contributed by atoms with van der Waals surface area (Å²) in [4.78, 5) is 39.8. The molecule has 0 spiro atoms. The van der Waals surface area contributed by atoms with E-state index in [1.165, 1.54) is 35.9 Å². The van der Waals surface area contributed by atoms with E-state index >= 15 is 0 Å². The molecule has 1 aromatic heterocycles. The number of benzene rings is 2. The van der Waals surface area contributed by atoms with Crippen LogP contribution in [-0.4, -0.2) is 46.5 Å². The Bertz CT molecular complexity index is 1200. The number of nitrogens with zero attached hydrogens (tertiary/aromatic N) is 4. The summed E-state index contributed by atoms with van der Waals surface area (Å²) in [5.74, 6) is -0.640. The van der Waals surface area contributed by atoms with Gasteiger partial charge < -0.3 is 14.4 Å². The maximum absolute atomic E-state index is 13.1. The summed E-state index contributed by atoms with van der Waals surface area (Å²) in [6.45, 7) is 1.34. The van der Waals surface area contributed by atoms with Gasteiger partial charge in [-0.25, -0.2) is 4.39 Å². The molecule has 1 aliphatic rings. The Morgan fingerprint density at radius 1 is 1.03 bits per heavy atom. The molecule has 2 heterocycles. The molecule has 3 aromatic rings. The Kier molecular flexibility index (Phi) is 4.94. The van der Waals surface area contributed by atoms with Gasteiger partial charge in [-0.1, -0.05) is 18.2 Å². The van der Waals surface area contributed by atoms with E-state index in [0.717, 1.165) is 0 Å². The molecule has 8 nitrogen and oxygen atoms in total. The highest BCUT2D eigenvalue weighted by Gasteiger charge is 2.31. The topological polar surface area (TPSA) is 88.7 Å². The summed E-state index contributed by atoms with van der Waals surface area (Å²) in [7, 11) is 1.51. The zero-order chi connectivity index (χ0) is 21.4. The summed E-state index contributed by atoms with van der Waals surface area (Å²) in [5.41, 5.74) is 0.142. The number of carbonyl (C=O) groups is 1. The summed E-state index contributed by atoms with van der Waals surface area (Å²) >= 11 is 0. The number of rotatable bonds is 3. The molecule has 0 atom stereocenters. The molecule has 9 heteroatoms. The van der Waals surface area contributed by atoms with E-state index in [1.807, 2.05) is 0 Å². The number of pyridine rings is 1. The maximum Gasteiger partial charge on any atom is 0.357 e. The molecule has 0 N–H and O–H groups in total. The fraction of sp³-hybridized carbons (Fsp3) is 0.238. The molecular weight excluding hydrogens is 391 g/mol. The minimum absolute atomic E-state index is 0.224. The first kappa shape index (κ1) is 19.6. The molecule has 0 aliphatic carbocycles. The number of nitro groups is 1. The predicted octanol–water partition coefficient (Wildman–Crippen LogP) is 2.55. The lowest BCUT2D eigenvalue weighted by Gasteiger charge is -2.36. The second-order valence-corrected chi connectivity index (χ2v) is 7.12. The van der Waals surface area contributed by atoms with Gasteiger partial charge in [0.25, 0.3) is 5.91 Å². The Balaban J connectivity index is 1.67. The average Bonchev–Trinajstić information content (AvgIpc) is 2.76. The Morgan fingerprint density at radius 3 is 2.30 bits per heavy atom. The molecule has 154 valence electrons. The van der Waals surface area contributed by atoms with E-state index < -0.39 is 22.0 Å². The van der Waals surface area contributed by atoms with Crippen molar-refractivity contribution in [1.82, 2.24) is 9.47 Å². The monoisotopic (exact) mass is 410 g/mol. The third-order valence-electron chi connectivity index (χ3n) is 5.41. The molecule has 2 aromatic carbocycles. The van der Waals surface area contributed by atoms with Crippen molar-refractivity contribution in [3.05, 3.63) is 80.4 Å². The van der Waals surface area contributed by atoms with E-state index in [1.54, 1.807) is 34.1 Å². The lowest BCUT2D eigenvalue weighted by atomic mass is 10.1. The highest BCUT2D eigenvalue weighted by atomic mass is 19.1. The zero-order valence-electron chi connectivity index (χ0n) is 16.2. The standard InChI is InChI=1S/C21H19FN4O4/c1-23-17-5-3-2-4-16(17)18(19(21(23)28)26(29)30)24-10-12-25(13-11-24)20(27)14-6-8-15(22)9-7-14/h2-9H,10-13H2,1H3. The summed E-state index contributed by atoms with van der Waals surface area (Å²) in [5, 5.41) is 12.4. The van der Waals surface area contributed by atoms with Crippen molar-refractivity contribution in [3.8, 4) is 0 Å². The number of amides is 1. The molecule has 1 amide bonds. The Hall–Kier alpha value is -3.75. The second-order valence-electron chi connectivity index (χ2n) is 7.12. The maximum atomic E-state index is 13.1. The number of piperazine rings is 1. The number of carbonyl (C=O) groups excluding carboxylic acids is 1. The van der Waals surface area contributed by atoms with Crippen LogP contribution in [0.3, 0.4) is 0 Å². The SMILES string of the molecule is Cn1c(=O)c([N+](=O)[O-])c(N2CCN(C(=O)c3ccc(F)cc3)CC2)c2ccccc21. The largest absolute Gasteiger partial charge is 0.362 e. The fourth-order valence-corrected chi connectivity index (χ4v) is 3.86. The smallest absolute Gasteiger partial charge is 0.357 e. The number of hydrogen-bond donors (Lipinski definition) is 0. The van der Waals surface area contributed by atoms with E-state index in [9.17, 15) is 24.1 Å². The highest BCUT2D eigenvalue weighted by Crippen LogP contribution is 2.33. The van der Waals surface area contributed by atoms with Crippen molar-refractivity contribution in [1.29, 1.82) is 0 Å². The van der Waals surface area contributed by atoms with Crippen LogP contribution in [0.15, 0.2) is 53.3 Å². The molecule has 0 bridgehead atoms. The van der Waals surface area contributed by atoms with Crippen molar-refractivity contribution in [2.24, 2.45) is 7.05 Å².